The molecule has 10 rings (SSSR count). The maximum Gasteiger partial charge on any atom is 0.296 e. The van der Waals surface area contributed by atoms with Crippen molar-refractivity contribution in [1.82, 2.24) is 25.3 Å². The van der Waals surface area contributed by atoms with Crippen LogP contribution >= 0.6 is 0 Å². The van der Waals surface area contributed by atoms with E-state index in [1.54, 1.807) is 85.3 Å². The van der Waals surface area contributed by atoms with Crippen molar-refractivity contribution in [3.05, 3.63) is 125 Å². The summed E-state index contributed by atoms with van der Waals surface area (Å²) >= 11 is 0. The van der Waals surface area contributed by atoms with Gasteiger partial charge in [-0.25, -0.2) is 0 Å². The normalized spacial score (nSPS) is 18.4. The standard InChI is InChI=1S/C63H68N8O12/c1-36(2)58(68-56(72)11-8-7-9-22-69-57(73)31-55(63(69)78)83-46-20-12-37(3)13-21-46)60(75)66-38(4)59(74)67-43-18-16-40(17-19-43)42-26-45-33-65-50-30-54(52(80-6)28-48(50)62(77)71(45)35-42)82-24-10-23-81-53-29-49-47(27-51(53)79-5)61(76)70-34-41(39-14-15-39)25-44(70)32-64-49/h12-13,16-21,27-36,38-39,44-45,58H,7-11,14-15,22-26H2,1-6H3,(H,66,75)(H,67,74)(H,68,72). The lowest BCUT2D eigenvalue weighted by Crippen LogP contribution is -2.53. The van der Waals surface area contributed by atoms with Crippen molar-refractivity contribution in [2.75, 3.05) is 39.3 Å². The molecule has 0 bridgehead atoms. The fraction of sp³-hybridized carbons (Fsp3) is 0.381. The molecule has 0 spiro atoms. The quantitative estimate of drug-likeness (QED) is 0.0442. The van der Waals surface area contributed by atoms with Gasteiger partial charge in [0.25, 0.3) is 23.6 Å². The number of methoxy groups -OCH3 is 2. The molecular formula is C63H68N8O12. The Labute approximate surface area is 481 Å². The molecule has 432 valence electrons. The topological polar surface area (TPSA) is 236 Å². The Hall–Kier alpha value is -9.07. The van der Waals surface area contributed by atoms with Gasteiger partial charge in [0.1, 0.15) is 17.8 Å². The van der Waals surface area contributed by atoms with E-state index in [0.29, 0.717) is 95.0 Å². The zero-order chi connectivity index (χ0) is 58.5. The van der Waals surface area contributed by atoms with Crippen LogP contribution in [0.4, 0.5) is 17.1 Å². The predicted molar refractivity (Wildman–Crippen MR) is 310 cm³/mol. The summed E-state index contributed by atoms with van der Waals surface area (Å²) in [4.78, 5) is 107. The number of fused-ring (bicyclic) bond motifs is 4. The Morgan fingerprint density at radius 2 is 1.29 bits per heavy atom. The summed E-state index contributed by atoms with van der Waals surface area (Å²) < 4.78 is 29.3. The second-order valence-corrected chi connectivity index (χ2v) is 21.9. The smallest absolute Gasteiger partial charge is 0.296 e. The van der Waals surface area contributed by atoms with Crippen LogP contribution in [-0.4, -0.2) is 127 Å². The Bertz CT molecular complexity index is 3380. The average Bonchev–Trinajstić information content (AvgIpc) is 3.51. The van der Waals surface area contributed by atoms with E-state index in [9.17, 15) is 33.6 Å². The number of carbonyl (C=O) groups is 7. The first-order valence-corrected chi connectivity index (χ1v) is 28.2. The minimum Gasteiger partial charge on any atom is -0.493 e. The molecule has 4 aromatic rings. The van der Waals surface area contributed by atoms with Gasteiger partial charge in [-0.2, -0.15) is 0 Å². The summed E-state index contributed by atoms with van der Waals surface area (Å²) in [5, 5.41) is 8.37. The van der Waals surface area contributed by atoms with Crippen LogP contribution in [0.5, 0.6) is 28.7 Å². The van der Waals surface area contributed by atoms with E-state index >= 15 is 0 Å². The predicted octanol–water partition coefficient (Wildman–Crippen LogP) is 8.53. The third-order valence-electron chi connectivity index (χ3n) is 15.4. The number of benzene rings is 4. The molecule has 1 saturated carbocycles. The highest BCUT2D eigenvalue weighted by atomic mass is 16.5. The van der Waals surface area contributed by atoms with E-state index in [1.807, 2.05) is 49.8 Å². The lowest BCUT2D eigenvalue weighted by Gasteiger charge is -2.24. The van der Waals surface area contributed by atoms with Crippen LogP contribution in [-0.2, 0) is 24.0 Å². The number of nitrogens with one attached hydrogen (secondary N) is 3. The van der Waals surface area contributed by atoms with Crippen molar-refractivity contribution in [2.45, 2.75) is 110 Å². The summed E-state index contributed by atoms with van der Waals surface area (Å²) in [6.45, 7) is 7.81. The third kappa shape index (κ3) is 13.0. The van der Waals surface area contributed by atoms with Crippen LogP contribution in [0.2, 0.25) is 0 Å². The first kappa shape index (κ1) is 57.2. The van der Waals surface area contributed by atoms with E-state index in [1.165, 1.54) is 38.7 Å². The molecule has 83 heavy (non-hydrogen) atoms. The van der Waals surface area contributed by atoms with Crippen LogP contribution < -0.4 is 39.6 Å². The van der Waals surface area contributed by atoms with Gasteiger partial charge in [0, 0.05) is 68.5 Å². The van der Waals surface area contributed by atoms with E-state index in [4.69, 9.17) is 33.7 Å². The van der Waals surface area contributed by atoms with Crippen LogP contribution in [0.25, 0.3) is 5.57 Å². The van der Waals surface area contributed by atoms with Crippen LogP contribution in [0, 0.1) is 18.8 Å². The molecule has 0 radical (unpaired) electrons. The van der Waals surface area contributed by atoms with E-state index in [2.05, 4.69) is 16.0 Å². The molecule has 0 aromatic heterocycles. The average molecular weight is 1130 g/mol. The molecule has 5 aliphatic heterocycles. The fourth-order valence-corrected chi connectivity index (χ4v) is 10.5. The molecule has 1 aliphatic carbocycles. The molecule has 1 fully saturated rings. The number of amides is 7. The molecule has 0 saturated heterocycles. The molecule has 7 amide bonds. The summed E-state index contributed by atoms with van der Waals surface area (Å²) in [5.41, 5.74) is 6.38. The van der Waals surface area contributed by atoms with Gasteiger partial charge in [-0.05, 0) is 111 Å². The Morgan fingerprint density at radius 1 is 0.675 bits per heavy atom. The summed E-state index contributed by atoms with van der Waals surface area (Å²) in [7, 11) is 3.05. The molecular weight excluding hydrogens is 1060 g/mol. The van der Waals surface area contributed by atoms with Gasteiger partial charge in [0.05, 0.1) is 68.1 Å². The van der Waals surface area contributed by atoms with Crippen LogP contribution in [0.3, 0.4) is 0 Å². The summed E-state index contributed by atoms with van der Waals surface area (Å²) in [6.07, 6.45) is 14.4. The molecule has 3 N–H and O–H groups in total. The Morgan fingerprint density at radius 3 is 1.89 bits per heavy atom. The lowest BCUT2D eigenvalue weighted by molar-refractivity contribution is -0.138. The van der Waals surface area contributed by atoms with Crippen molar-refractivity contribution in [2.24, 2.45) is 21.8 Å². The maximum atomic E-state index is 14.1. The second-order valence-electron chi connectivity index (χ2n) is 21.9. The zero-order valence-corrected chi connectivity index (χ0v) is 47.4. The maximum absolute atomic E-state index is 14.1. The van der Waals surface area contributed by atoms with Gasteiger partial charge >= 0.3 is 0 Å². The van der Waals surface area contributed by atoms with Gasteiger partial charge in [-0.15, -0.1) is 0 Å². The molecule has 4 unspecified atom stereocenters. The monoisotopic (exact) mass is 1130 g/mol. The lowest BCUT2D eigenvalue weighted by atomic mass is 10.0. The van der Waals surface area contributed by atoms with Gasteiger partial charge in [0.15, 0.2) is 28.8 Å². The largest absolute Gasteiger partial charge is 0.493 e. The molecule has 4 aromatic carbocycles. The van der Waals surface area contributed by atoms with Crippen molar-refractivity contribution < 1.29 is 57.2 Å². The highest BCUT2D eigenvalue weighted by Gasteiger charge is 2.39. The van der Waals surface area contributed by atoms with Gasteiger partial charge in [-0.1, -0.05) is 50.1 Å². The number of unbranched alkanes of at least 4 members (excludes halogenated alkanes) is 2. The summed E-state index contributed by atoms with van der Waals surface area (Å²) in [5.74, 6) is -0.195. The van der Waals surface area contributed by atoms with Gasteiger partial charge in [0.2, 0.25) is 17.7 Å². The van der Waals surface area contributed by atoms with E-state index in [0.717, 1.165) is 28.0 Å². The highest BCUT2D eigenvalue weighted by Crippen LogP contribution is 2.45. The Balaban J connectivity index is 0.659. The number of hydrogen-bond acceptors (Lipinski definition) is 14. The number of hydrogen-bond donors (Lipinski definition) is 3. The fourth-order valence-electron chi connectivity index (χ4n) is 10.5. The van der Waals surface area contributed by atoms with Crippen molar-refractivity contribution in [3.8, 4) is 28.7 Å². The van der Waals surface area contributed by atoms with Gasteiger partial charge in [-0.3, -0.25) is 48.4 Å². The number of nitrogens with zero attached hydrogens (tertiary/aromatic N) is 5. The number of rotatable bonds is 24. The SMILES string of the molecule is COc1cc2c(cc1OCCCOc1cc3c(cc1OC)C(=O)N1C=C(C4CC4)CC1C=N3)N=CC1CC(c3ccc(NC(=O)C(C)NC(=O)C(NC(=O)CCCCCN4C(=O)C=C(Oc5ccc(C)cc5)C4=O)C(C)C)cc3)=CN1C2=O. The Kier molecular flexibility index (Phi) is 17.2. The van der Waals surface area contributed by atoms with Crippen LogP contribution in [0.15, 0.2) is 113 Å². The first-order valence-electron chi connectivity index (χ1n) is 28.2. The van der Waals surface area contributed by atoms with E-state index < -0.39 is 35.7 Å². The molecule has 20 nitrogen and oxygen atoms in total. The van der Waals surface area contributed by atoms with Crippen molar-refractivity contribution >= 4 is 76.4 Å². The summed E-state index contributed by atoms with van der Waals surface area (Å²) in [6, 6.07) is 18.8. The number of carbonyl (C=O) groups excluding carboxylic acids is 7. The van der Waals surface area contributed by atoms with E-state index in [-0.39, 0.29) is 67.7 Å². The number of ether oxygens (including phenoxy) is 5. The van der Waals surface area contributed by atoms with Crippen molar-refractivity contribution in [3.63, 3.8) is 0 Å². The van der Waals surface area contributed by atoms with Crippen LogP contribution in [0.1, 0.15) is 110 Å². The van der Waals surface area contributed by atoms with Crippen molar-refractivity contribution in [1.29, 1.82) is 0 Å². The molecule has 5 heterocycles. The number of aryl methyl sites for hydroxylation is 1. The third-order valence-corrected chi connectivity index (χ3v) is 15.4. The van der Waals surface area contributed by atoms with Gasteiger partial charge < -0.3 is 49.4 Å². The minimum absolute atomic E-state index is 0.0354. The minimum atomic E-state index is -0.940. The first-order chi connectivity index (χ1) is 40.0. The number of anilines is 1. The second kappa shape index (κ2) is 25.0. The molecule has 6 aliphatic rings. The molecule has 4 atom stereocenters. The molecule has 20 heteroatoms. The number of imide groups is 1. The zero-order valence-electron chi connectivity index (χ0n) is 47.4. The highest BCUT2D eigenvalue weighted by molar-refractivity contribution is 6.15. The number of aliphatic imine (C=N–C) groups is 2.